The Labute approximate surface area is 146 Å². The molecule has 0 saturated heterocycles. The van der Waals surface area contributed by atoms with E-state index in [4.69, 9.17) is 4.74 Å². The lowest BCUT2D eigenvalue weighted by molar-refractivity contribution is -0.384. The summed E-state index contributed by atoms with van der Waals surface area (Å²) < 4.78 is 5.65. The second-order valence-electron chi connectivity index (χ2n) is 6.51. The lowest BCUT2D eigenvalue weighted by Crippen LogP contribution is -2.29. The first-order valence-corrected chi connectivity index (χ1v) is 8.61. The van der Waals surface area contributed by atoms with Crippen LogP contribution < -0.4 is 10.1 Å². The number of allylic oxidation sites excluding steroid dienone is 2. The summed E-state index contributed by atoms with van der Waals surface area (Å²) in [5, 5.41) is 14.5. The molecule has 2 aliphatic rings. The van der Waals surface area contributed by atoms with Gasteiger partial charge in [0, 0.05) is 23.7 Å². The summed E-state index contributed by atoms with van der Waals surface area (Å²) >= 11 is 0. The molecule has 0 unspecified atom stereocenters. The molecule has 25 heavy (non-hydrogen) atoms. The number of nitrogens with one attached hydrogen (secondary N) is 1. The monoisotopic (exact) mass is 336 g/mol. The quantitative estimate of drug-likeness (QED) is 0.494. The third kappa shape index (κ3) is 2.76. The van der Waals surface area contributed by atoms with Crippen molar-refractivity contribution in [3.8, 4) is 5.75 Å². The van der Waals surface area contributed by atoms with Crippen molar-refractivity contribution in [1.29, 1.82) is 0 Å². The number of hydrogen-bond acceptors (Lipinski definition) is 4. The smallest absolute Gasteiger partial charge is 0.269 e. The van der Waals surface area contributed by atoms with Crippen molar-refractivity contribution in [3.63, 3.8) is 0 Å². The summed E-state index contributed by atoms with van der Waals surface area (Å²) in [6.07, 6.45) is 5.51. The van der Waals surface area contributed by atoms with Crippen LogP contribution in [0.2, 0.25) is 0 Å². The van der Waals surface area contributed by atoms with E-state index in [1.165, 1.54) is 5.56 Å². The summed E-state index contributed by atoms with van der Waals surface area (Å²) in [5.74, 6) is 1.65. The van der Waals surface area contributed by atoms with E-state index in [0.29, 0.717) is 18.4 Å². The number of rotatable bonds is 4. The maximum absolute atomic E-state index is 10.9. The van der Waals surface area contributed by atoms with E-state index in [-0.39, 0.29) is 16.7 Å². The van der Waals surface area contributed by atoms with Gasteiger partial charge in [0.05, 0.1) is 17.6 Å². The number of nitrogens with zero attached hydrogens (tertiary/aromatic N) is 1. The summed E-state index contributed by atoms with van der Waals surface area (Å²) in [4.78, 5) is 10.5. The number of nitro benzene ring substituents is 1. The first kappa shape index (κ1) is 15.7. The Morgan fingerprint density at radius 2 is 2.04 bits per heavy atom. The number of fused-ring (bicyclic) bond motifs is 3. The molecule has 5 heteroatoms. The molecule has 0 aromatic heterocycles. The van der Waals surface area contributed by atoms with Gasteiger partial charge in [0.25, 0.3) is 5.69 Å². The Morgan fingerprint density at radius 3 is 2.76 bits per heavy atom. The molecule has 1 N–H and O–H groups in total. The van der Waals surface area contributed by atoms with Gasteiger partial charge in [-0.2, -0.15) is 0 Å². The number of benzene rings is 2. The zero-order valence-electron chi connectivity index (χ0n) is 14.0. The van der Waals surface area contributed by atoms with Crippen LogP contribution >= 0.6 is 0 Å². The van der Waals surface area contributed by atoms with E-state index in [0.717, 1.165) is 23.4 Å². The van der Waals surface area contributed by atoms with Crippen LogP contribution in [0.25, 0.3) is 0 Å². The van der Waals surface area contributed by atoms with E-state index in [1.807, 2.05) is 25.1 Å². The Morgan fingerprint density at radius 1 is 1.24 bits per heavy atom. The van der Waals surface area contributed by atoms with Crippen molar-refractivity contribution in [1.82, 2.24) is 0 Å². The van der Waals surface area contributed by atoms with Crippen molar-refractivity contribution >= 4 is 11.4 Å². The summed E-state index contributed by atoms with van der Waals surface area (Å²) in [6.45, 7) is 2.64. The molecule has 2 aromatic carbocycles. The van der Waals surface area contributed by atoms with Gasteiger partial charge in [-0.25, -0.2) is 0 Å². The van der Waals surface area contributed by atoms with Crippen molar-refractivity contribution in [2.75, 3.05) is 11.9 Å². The fourth-order valence-electron chi connectivity index (χ4n) is 3.96. The minimum absolute atomic E-state index is 0.127. The van der Waals surface area contributed by atoms with E-state index in [1.54, 1.807) is 12.1 Å². The number of hydrogen-bond donors (Lipinski definition) is 1. The largest absolute Gasteiger partial charge is 0.494 e. The molecule has 0 radical (unpaired) electrons. The van der Waals surface area contributed by atoms with Crippen LogP contribution in [0.3, 0.4) is 0 Å². The van der Waals surface area contributed by atoms with Crippen molar-refractivity contribution < 1.29 is 9.66 Å². The summed E-state index contributed by atoms with van der Waals surface area (Å²) in [5.41, 5.74) is 3.59. The lowest BCUT2D eigenvalue weighted by Gasteiger charge is -2.37. The molecule has 0 bridgehead atoms. The number of non-ortho nitro benzene ring substituents is 1. The minimum atomic E-state index is -0.359. The third-order valence-corrected chi connectivity index (χ3v) is 5.11. The van der Waals surface area contributed by atoms with Gasteiger partial charge in [-0.1, -0.05) is 24.3 Å². The zero-order valence-corrected chi connectivity index (χ0v) is 14.0. The van der Waals surface area contributed by atoms with Gasteiger partial charge in [-0.15, -0.1) is 0 Å². The standard InChI is InChI=1S/C20H20N2O3/c1-2-25-15-10-11-19-18(12-15)16-4-3-5-17(16)20(21-19)13-6-8-14(9-7-13)22(23)24/h3-4,6-12,16-17,20-21H,2,5H2,1H3/t16-,17+,20+/m0/s1. The third-order valence-electron chi connectivity index (χ3n) is 5.11. The van der Waals surface area contributed by atoms with Crippen LogP contribution in [-0.2, 0) is 0 Å². The van der Waals surface area contributed by atoms with Gasteiger partial charge in [0.1, 0.15) is 5.75 Å². The lowest BCUT2D eigenvalue weighted by atomic mass is 9.77. The summed E-state index contributed by atoms with van der Waals surface area (Å²) in [7, 11) is 0. The molecule has 0 saturated carbocycles. The Bertz CT molecular complexity index is 829. The molecule has 0 spiro atoms. The number of ether oxygens (including phenoxy) is 1. The van der Waals surface area contributed by atoms with Crippen LogP contribution in [0.4, 0.5) is 11.4 Å². The first-order valence-electron chi connectivity index (χ1n) is 8.61. The Kier molecular flexibility index (Phi) is 3.92. The second kappa shape index (κ2) is 6.24. The molecule has 4 rings (SSSR count). The Hall–Kier alpha value is -2.82. The molecule has 1 heterocycles. The average molecular weight is 336 g/mol. The van der Waals surface area contributed by atoms with E-state index in [9.17, 15) is 10.1 Å². The first-order chi connectivity index (χ1) is 12.2. The highest BCUT2D eigenvalue weighted by Crippen LogP contribution is 2.50. The Balaban J connectivity index is 1.69. The molecule has 1 aliphatic heterocycles. The average Bonchev–Trinajstić information content (AvgIpc) is 3.11. The zero-order chi connectivity index (χ0) is 17.4. The van der Waals surface area contributed by atoms with Crippen LogP contribution in [0.15, 0.2) is 54.6 Å². The number of nitro groups is 1. The van der Waals surface area contributed by atoms with Crippen molar-refractivity contribution in [3.05, 3.63) is 75.9 Å². The highest BCUT2D eigenvalue weighted by atomic mass is 16.6. The fraction of sp³-hybridized carbons (Fsp3) is 0.300. The molecule has 0 fully saturated rings. The van der Waals surface area contributed by atoms with E-state index < -0.39 is 0 Å². The van der Waals surface area contributed by atoms with Gasteiger partial charge in [0.15, 0.2) is 0 Å². The number of anilines is 1. The molecular weight excluding hydrogens is 316 g/mol. The molecule has 0 amide bonds. The molecule has 5 nitrogen and oxygen atoms in total. The molecule has 128 valence electrons. The van der Waals surface area contributed by atoms with Gasteiger partial charge in [-0.05, 0) is 48.6 Å². The summed E-state index contributed by atoms with van der Waals surface area (Å²) in [6, 6.07) is 13.2. The van der Waals surface area contributed by atoms with Gasteiger partial charge >= 0.3 is 0 Å². The van der Waals surface area contributed by atoms with Crippen LogP contribution in [0, 0.1) is 16.0 Å². The van der Waals surface area contributed by atoms with Gasteiger partial charge in [0.2, 0.25) is 0 Å². The van der Waals surface area contributed by atoms with E-state index in [2.05, 4.69) is 29.6 Å². The fourth-order valence-corrected chi connectivity index (χ4v) is 3.96. The normalized spacial score (nSPS) is 23.5. The van der Waals surface area contributed by atoms with Crippen LogP contribution in [-0.4, -0.2) is 11.5 Å². The second-order valence-corrected chi connectivity index (χ2v) is 6.51. The maximum atomic E-state index is 10.9. The molecule has 2 aromatic rings. The van der Waals surface area contributed by atoms with E-state index >= 15 is 0 Å². The van der Waals surface area contributed by atoms with Gasteiger partial charge in [-0.3, -0.25) is 10.1 Å². The van der Waals surface area contributed by atoms with Crippen molar-refractivity contribution in [2.45, 2.75) is 25.3 Å². The minimum Gasteiger partial charge on any atom is -0.494 e. The van der Waals surface area contributed by atoms with Crippen LogP contribution in [0.1, 0.15) is 36.4 Å². The predicted octanol–water partition coefficient (Wildman–Crippen LogP) is 4.82. The van der Waals surface area contributed by atoms with Crippen molar-refractivity contribution in [2.24, 2.45) is 5.92 Å². The molecular formula is C20H20N2O3. The topological polar surface area (TPSA) is 64.4 Å². The maximum Gasteiger partial charge on any atom is 0.269 e. The highest BCUT2D eigenvalue weighted by molar-refractivity contribution is 5.61. The van der Waals surface area contributed by atoms with Crippen LogP contribution in [0.5, 0.6) is 5.75 Å². The molecule has 3 atom stereocenters. The SMILES string of the molecule is CCOc1ccc2c(c1)[C@H]1C=CC[C@H]1[C@@H](c1ccc([N+](=O)[O-])cc1)N2. The highest BCUT2D eigenvalue weighted by Gasteiger charge is 2.38. The predicted molar refractivity (Wildman–Crippen MR) is 97.1 cm³/mol. The molecule has 1 aliphatic carbocycles. The van der Waals surface area contributed by atoms with Gasteiger partial charge < -0.3 is 10.1 Å².